The monoisotopic (exact) mass is 124 g/mol. The van der Waals surface area contributed by atoms with Crippen molar-refractivity contribution in [1.82, 2.24) is 0 Å². The highest BCUT2D eigenvalue weighted by molar-refractivity contribution is 5.16. The van der Waals surface area contributed by atoms with E-state index in [0.717, 1.165) is 5.92 Å². The Morgan fingerprint density at radius 2 is 2.22 bits per heavy atom. The van der Waals surface area contributed by atoms with Crippen LogP contribution in [-0.4, -0.2) is 0 Å². The van der Waals surface area contributed by atoms with E-state index in [2.05, 4.69) is 19.9 Å². The molecular weight excluding hydrogens is 108 g/mol. The average Bonchev–Trinajstić information content (AvgIpc) is 1.77. The van der Waals surface area contributed by atoms with Crippen molar-refractivity contribution in [3.8, 4) is 0 Å². The van der Waals surface area contributed by atoms with E-state index in [1.165, 1.54) is 25.7 Å². The summed E-state index contributed by atoms with van der Waals surface area (Å²) in [6.07, 6.45) is 7.85. The highest BCUT2D eigenvalue weighted by atomic mass is 14.2. The Morgan fingerprint density at radius 1 is 1.56 bits per heavy atom. The van der Waals surface area contributed by atoms with Crippen LogP contribution in [0.1, 0.15) is 39.5 Å². The Labute approximate surface area is 58.0 Å². The first-order valence-corrected chi connectivity index (χ1v) is 4.06. The summed E-state index contributed by atoms with van der Waals surface area (Å²) >= 11 is 0. The zero-order chi connectivity index (χ0) is 6.69. The molecule has 0 N–H and O–H groups in total. The molecule has 9 heavy (non-hydrogen) atoms. The lowest BCUT2D eigenvalue weighted by atomic mass is 9.83. The van der Waals surface area contributed by atoms with Gasteiger partial charge in [-0.15, -0.1) is 0 Å². The van der Waals surface area contributed by atoms with E-state index in [-0.39, 0.29) is 0 Å². The molecule has 1 aliphatic rings. The first kappa shape index (κ1) is 6.85. The third-order valence-corrected chi connectivity index (χ3v) is 2.09. The summed E-state index contributed by atoms with van der Waals surface area (Å²) in [5, 5.41) is 0. The van der Waals surface area contributed by atoms with Gasteiger partial charge in [0.2, 0.25) is 0 Å². The summed E-state index contributed by atoms with van der Waals surface area (Å²) in [5.41, 5.74) is 1.70. The SMILES string of the molecule is CCCC1=CC(CC)C1. The second-order valence-corrected chi connectivity index (χ2v) is 2.95. The van der Waals surface area contributed by atoms with Crippen LogP contribution in [0.5, 0.6) is 0 Å². The smallest absolute Gasteiger partial charge is 0.0196 e. The van der Waals surface area contributed by atoms with Crippen LogP contribution in [0.25, 0.3) is 0 Å². The predicted octanol–water partition coefficient (Wildman–Crippen LogP) is 3.14. The molecular formula is C9H16. The maximum atomic E-state index is 2.45. The normalized spacial score (nSPS) is 25.1. The molecule has 0 amide bonds. The van der Waals surface area contributed by atoms with E-state index in [4.69, 9.17) is 0 Å². The van der Waals surface area contributed by atoms with E-state index in [1.807, 2.05) is 0 Å². The van der Waals surface area contributed by atoms with E-state index < -0.39 is 0 Å². The van der Waals surface area contributed by atoms with Crippen LogP contribution in [0, 0.1) is 5.92 Å². The van der Waals surface area contributed by atoms with Gasteiger partial charge in [0, 0.05) is 0 Å². The molecule has 0 radical (unpaired) electrons. The molecule has 0 aromatic rings. The second-order valence-electron chi connectivity index (χ2n) is 2.95. The fourth-order valence-electron chi connectivity index (χ4n) is 1.41. The molecule has 0 aliphatic heterocycles. The van der Waals surface area contributed by atoms with E-state index in [1.54, 1.807) is 5.57 Å². The highest BCUT2D eigenvalue weighted by Gasteiger charge is 2.15. The van der Waals surface area contributed by atoms with Gasteiger partial charge in [-0.1, -0.05) is 31.9 Å². The van der Waals surface area contributed by atoms with Crippen LogP contribution >= 0.6 is 0 Å². The molecule has 52 valence electrons. The van der Waals surface area contributed by atoms with Crippen LogP contribution in [0.4, 0.5) is 0 Å². The fraction of sp³-hybridized carbons (Fsp3) is 0.778. The summed E-state index contributed by atoms with van der Waals surface area (Å²) in [6, 6.07) is 0. The Kier molecular flexibility index (Phi) is 2.32. The van der Waals surface area contributed by atoms with E-state index in [0.29, 0.717) is 0 Å². The topological polar surface area (TPSA) is 0 Å². The van der Waals surface area contributed by atoms with Crippen LogP contribution in [-0.2, 0) is 0 Å². The van der Waals surface area contributed by atoms with Crippen molar-refractivity contribution in [3.05, 3.63) is 11.6 Å². The summed E-state index contributed by atoms with van der Waals surface area (Å²) in [7, 11) is 0. The van der Waals surface area contributed by atoms with Gasteiger partial charge < -0.3 is 0 Å². The molecule has 0 spiro atoms. The molecule has 0 saturated carbocycles. The summed E-state index contributed by atoms with van der Waals surface area (Å²) < 4.78 is 0. The van der Waals surface area contributed by atoms with Crippen molar-refractivity contribution >= 4 is 0 Å². The van der Waals surface area contributed by atoms with E-state index in [9.17, 15) is 0 Å². The maximum Gasteiger partial charge on any atom is -0.0196 e. The minimum absolute atomic E-state index is 0.937. The lowest BCUT2D eigenvalue weighted by molar-refractivity contribution is 0.538. The van der Waals surface area contributed by atoms with Crippen molar-refractivity contribution < 1.29 is 0 Å². The predicted molar refractivity (Wildman–Crippen MR) is 41.4 cm³/mol. The van der Waals surface area contributed by atoms with Crippen molar-refractivity contribution in [2.75, 3.05) is 0 Å². The van der Waals surface area contributed by atoms with Crippen molar-refractivity contribution in [2.24, 2.45) is 5.92 Å². The molecule has 0 saturated heterocycles. The third kappa shape index (κ3) is 1.57. The molecule has 0 heterocycles. The van der Waals surface area contributed by atoms with Crippen molar-refractivity contribution in [2.45, 2.75) is 39.5 Å². The Hall–Kier alpha value is -0.260. The molecule has 0 aromatic heterocycles. The van der Waals surface area contributed by atoms with Gasteiger partial charge in [0.05, 0.1) is 0 Å². The zero-order valence-corrected chi connectivity index (χ0v) is 6.48. The van der Waals surface area contributed by atoms with Crippen molar-refractivity contribution in [1.29, 1.82) is 0 Å². The standard InChI is InChI=1S/C9H16/c1-3-5-9-6-8(4-2)7-9/h6,8H,3-5,7H2,1-2H3. The lowest BCUT2D eigenvalue weighted by Gasteiger charge is -2.23. The van der Waals surface area contributed by atoms with Gasteiger partial charge in [-0.2, -0.15) is 0 Å². The van der Waals surface area contributed by atoms with Gasteiger partial charge in [-0.3, -0.25) is 0 Å². The molecule has 1 aliphatic carbocycles. The Balaban J connectivity index is 2.19. The molecule has 0 fully saturated rings. The van der Waals surface area contributed by atoms with Crippen LogP contribution in [0.2, 0.25) is 0 Å². The molecule has 0 nitrogen and oxygen atoms in total. The average molecular weight is 124 g/mol. The van der Waals surface area contributed by atoms with Crippen LogP contribution in [0.3, 0.4) is 0 Å². The van der Waals surface area contributed by atoms with Crippen molar-refractivity contribution in [3.63, 3.8) is 0 Å². The second kappa shape index (κ2) is 3.05. The van der Waals surface area contributed by atoms with Crippen LogP contribution < -0.4 is 0 Å². The molecule has 1 rings (SSSR count). The first-order chi connectivity index (χ1) is 4.36. The highest BCUT2D eigenvalue weighted by Crippen LogP contribution is 2.30. The van der Waals surface area contributed by atoms with Gasteiger partial charge in [-0.05, 0) is 25.2 Å². The molecule has 0 heteroatoms. The summed E-state index contributed by atoms with van der Waals surface area (Å²) in [6.45, 7) is 4.52. The minimum atomic E-state index is 0.937. The Bertz CT molecular complexity index is 111. The van der Waals surface area contributed by atoms with Gasteiger partial charge in [0.25, 0.3) is 0 Å². The Morgan fingerprint density at radius 3 is 2.67 bits per heavy atom. The molecule has 0 aromatic carbocycles. The minimum Gasteiger partial charge on any atom is -0.0819 e. The van der Waals surface area contributed by atoms with Gasteiger partial charge in [0.15, 0.2) is 0 Å². The quantitative estimate of drug-likeness (QED) is 0.507. The van der Waals surface area contributed by atoms with Gasteiger partial charge in [0.1, 0.15) is 0 Å². The van der Waals surface area contributed by atoms with Gasteiger partial charge >= 0.3 is 0 Å². The van der Waals surface area contributed by atoms with Crippen LogP contribution in [0.15, 0.2) is 11.6 Å². The summed E-state index contributed by atoms with van der Waals surface area (Å²) in [4.78, 5) is 0. The lowest BCUT2D eigenvalue weighted by Crippen LogP contribution is -2.08. The maximum absolute atomic E-state index is 2.45. The largest absolute Gasteiger partial charge is 0.0819 e. The summed E-state index contributed by atoms with van der Waals surface area (Å²) in [5.74, 6) is 0.937. The van der Waals surface area contributed by atoms with Gasteiger partial charge in [-0.25, -0.2) is 0 Å². The first-order valence-electron chi connectivity index (χ1n) is 4.06. The number of hydrogen-bond acceptors (Lipinski definition) is 0. The molecule has 1 unspecified atom stereocenters. The number of rotatable bonds is 3. The zero-order valence-electron chi connectivity index (χ0n) is 6.48. The molecule has 0 bridgehead atoms. The number of allylic oxidation sites excluding steroid dienone is 2. The van der Waals surface area contributed by atoms with E-state index >= 15 is 0 Å². The fourth-order valence-corrected chi connectivity index (χ4v) is 1.41. The molecule has 1 atom stereocenters. The third-order valence-electron chi connectivity index (χ3n) is 2.09. The number of hydrogen-bond donors (Lipinski definition) is 0.